The predicted octanol–water partition coefficient (Wildman–Crippen LogP) is 3.68. The molecule has 0 saturated heterocycles. The third-order valence-electron chi connectivity index (χ3n) is 2.88. The van der Waals surface area contributed by atoms with Gasteiger partial charge in [-0.1, -0.05) is 48.1 Å². The number of unbranched alkanes of at least 4 members (excludes halogenated alkanes) is 1. The molecule has 0 heterocycles. The fourth-order valence-electron chi connectivity index (χ4n) is 1.84. The molecule has 7 heteroatoms. The molecule has 0 aromatic heterocycles. The van der Waals surface area contributed by atoms with E-state index in [0.717, 1.165) is 19.4 Å². The molecule has 0 atom stereocenters. The van der Waals surface area contributed by atoms with Crippen molar-refractivity contribution in [3.8, 4) is 0 Å². The lowest BCUT2D eigenvalue weighted by Gasteiger charge is -2.20. The second-order valence-electron chi connectivity index (χ2n) is 4.65. The quantitative estimate of drug-likeness (QED) is 0.749. The van der Waals surface area contributed by atoms with Crippen molar-refractivity contribution < 1.29 is 9.90 Å². The number of nitrogens with zero attached hydrogens (tertiary/aromatic N) is 1. The van der Waals surface area contributed by atoms with E-state index in [1.807, 2.05) is 4.90 Å². The number of amides is 1. The molecule has 0 aliphatic rings. The summed E-state index contributed by atoms with van der Waals surface area (Å²) >= 11 is 17.9. The van der Waals surface area contributed by atoms with Gasteiger partial charge in [0.25, 0.3) is 0 Å². The van der Waals surface area contributed by atoms with Crippen LogP contribution in [0.5, 0.6) is 0 Å². The SMILES string of the molecule is CCCCN(CCO)CC(=O)Nc1c(Cl)cc(Cl)cc1Cl. The Bertz CT molecular complexity index is 460. The van der Waals surface area contributed by atoms with E-state index in [0.29, 0.717) is 27.3 Å². The molecule has 21 heavy (non-hydrogen) atoms. The molecular weight excluding hydrogens is 335 g/mol. The molecule has 1 rings (SSSR count). The largest absolute Gasteiger partial charge is 0.395 e. The first-order valence-electron chi connectivity index (χ1n) is 6.75. The Kier molecular flexibility index (Phi) is 8.37. The van der Waals surface area contributed by atoms with Crippen LogP contribution in [0, 0.1) is 0 Å². The van der Waals surface area contributed by atoms with Crippen molar-refractivity contribution in [2.45, 2.75) is 19.8 Å². The van der Waals surface area contributed by atoms with Crippen LogP contribution in [-0.2, 0) is 4.79 Å². The molecule has 1 aromatic carbocycles. The molecule has 0 radical (unpaired) electrons. The standard InChI is InChI=1S/C14H19Cl3N2O2/c1-2-3-4-19(5-6-20)9-13(21)18-14-11(16)7-10(15)8-12(14)17/h7-8,20H,2-6,9H2,1H3,(H,18,21). The van der Waals surface area contributed by atoms with Gasteiger partial charge < -0.3 is 10.4 Å². The van der Waals surface area contributed by atoms with Crippen LogP contribution >= 0.6 is 34.8 Å². The number of aliphatic hydroxyl groups excluding tert-OH is 1. The van der Waals surface area contributed by atoms with Gasteiger partial charge in [-0.3, -0.25) is 9.69 Å². The van der Waals surface area contributed by atoms with Crippen molar-refractivity contribution in [3.05, 3.63) is 27.2 Å². The Morgan fingerprint density at radius 3 is 2.38 bits per heavy atom. The topological polar surface area (TPSA) is 52.6 Å². The first-order chi connectivity index (χ1) is 9.97. The van der Waals surface area contributed by atoms with E-state index in [4.69, 9.17) is 39.9 Å². The summed E-state index contributed by atoms with van der Waals surface area (Å²) in [6.45, 7) is 3.47. The van der Waals surface area contributed by atoms with Gasteiger partial charge in [-0.05, 0) is 25.1 Å². The molecule has 0 fully saturated rings. The van der Waals surface area contributed by atoms with Crippen LogP contribution in [0.15, 0.2) is 12.1 Å². The number of anilines is 1. The molecule has 4 nitrogen and oxygen atoms in total. The zero-order chi connectivity index (χ0) is 15.8. The van der Waals surface area contributed by atoms with Crippen LogP contribution < -0.4 is 5.32 Å². The summed E-state index contributed by atoms with van der Waals surface area (Å²) in [5, 5.41) is 12.7. The summed E-state index contributed by atoms with van der Waals surface area (Å²) in [5.74, 6) is -0.231. The molecule has 2 N–H and O–H groups in total. The van der Waals surface area contributed by atoms with Gasteiger partial charge in [0.2, 0.25) is 5.91 Å². The second kappa shape index (κ2) is 9.49. The van der Waals surface area contributed by atoms with Gasteiger partial charge in [0, 0.05) is 11.6 Å². The van der Waals surface area contributed by atoms with E-state index in [1.54, 1.807) is 0 Å². The zero-order valence-corrected chi connectivity index (χ0v) is 14.1. The number of benzene rings is 1. The van der Waals surface area contributed by atoms with Crippen molar-refractivity contribution >= 4 is 46.4 Å². The summed E-state index contributed by atoms with van der Waals surface area (Å²) in [4.78, 5) is 14.0. The number of rotatable bonds is 8. The lowest BCUT2D eigenvalue weighted by atomic mass is 10.3. The first kappa shape index (κ1) is 18.5. The van der Waals surface area contributed by atoms with Crippen LogP contribution in [0.1, 0.15) is 19.8 Å². The number of hydrogen-bond acceptors (Lipinski definition) is 3. The van der Waals surface area contributed by atoms with Crippen molar-refractivity contribution in [3.63, 3.8) is 0 Å². The normalized spacial score (nSPS) is 11.0. The van der Waals surface area contributed by atoms with E-state index in [-0.39, 0.29) is 19.1 Å². The molecule has 118 valence electrons. The monoisotopic (exact) mass is 352 g/mol. The third-order valence-corrected chi connectivity index (χ3v) is 3.70. The summed E-state index contributed by atoms with van der Waals surface area (Å²) in [6.07, 6.45) is 1.99. The summed E-state index contributed by atoms with van der Waals surface area (Å²) in [6, 6.07) is 3.04. The van der Waals surface area contributed by atoms with Gasteiger partial charge in [0.05, 0.1) is 28.9 Å². The van der Waals surface area contributed by atoms with E-state index in [1.165, 1.54) is 12.1 Å². The fourth-order valence-corrected chi connectivity index (χ4v) is 2.75. The van der Waals surface area contributed by atoms with Gasteiger partial charge in [-0.15, -0.1) is 0 Å². The maximum absolute atomic E-state index is 12.1. The van der Waals surface area contributed by atoms with Crippen LogP contribution in [0.25, 0.3) is 0 Å². The van der Waals surface area contributed by atoms with E-state index < -0.39 is 0 Å². The average Bonchev–Trinajstić information content (AvgIpc) is 2.40. The predicted molar refractivity (Wildman–Crippen MR) is 88.5 cm³/mol. The van der Waals surface area contributed by atoms with E-state index >= 15 is 0 Å². The number of hydrogen-bond donors (Lipinski definition) is 2. The summed E-state index contributed by atoms with van der Waals surface area (Å²) in [7, 11) is 0. The minimum Gasteiger partial charge on any atom is -0.395 e. The molecule has 0 bridgehead atoms. The van der Waals surface area contributed by atoms with Crippen molar-refractivity contribution in [1.82, 2.24) is 4.90 Å². The van der Waals surface area contributed by atoms with E-state index in [9.17, 15) is 4.79 Å². The molecule has 1 amide bonds. The van der Waals surface area contributed by atoms with Crippen LogP contribution in [0.2, 0.25) is 15.1 Å². The Balaban J connectivity index is 2.67. The molecule has 0 aliphatic heterocycles. The minimum absolute atomic E-state index is 0.0133. The number of aliphatic hydroxyl groups is 1. The molecule has 1 aromatic rings. The highest BCUT2D eigenvalue weighted by Gasteiger charge is 2.14. The number of halogens is 3. The zero-order valence-electron chi connectivity index (χ0n) is 11.8. The maximum atomic E-state index is 12.1. The van der Waals surface area contributed by atoms with Crippen molar-refractivity contribution in [2.24, 2.45) is 0 Å². The highest BCUT2D eigenvalue weighted by atomic mass is 35.5. The minimum atomic E-state index is -0.231. The Morgan fingerprint density at radius 2 is 1.86 bits per heavy atom. The number of carbonyl (C=O) groups excluding carboxylic acids is 1. The van der Waals surface area contributed by atoms with Gasteiger partial charge in [-0.2, -0.15) is 0 Å². The molecular formula is C14H19Cl3N2O2. The molecule has 0 saturated carbocycles. The second-order valence-corrected chi connectivity index (χ2v) is 5.90. The molecule has 0 unspecified atom stereocenters. The smallest absolute Gasteiger partial charge is 0.238 e. The highest BCUT2D eigenvalue weighted by Crippen LogP contribution is 2.33. The van der Waals surface area contributed by atoms with Crippen molar-refractivity contribution in [1.29, 1.82) is 0 Å². The van der Waals surface area contributed by atoms with Gasteiger partial charge in [0.15, 0.2) is 0 Å². The third kappa shape index (κ3) is 6.41. The number of carbonyl (C=O) groups is 1. The lowest BCUT2D eigenvalue weighted by Crippen LogP contribution is -2.36. The summed E-state index contributed by atoms with van der Waals surface area (Å²) < 4.78 is 0. The van der Waals surface area contributed by atoms with Gasteiger partial charge >= 0.3 is 0 Å². The van der Waals surface area contributed by atoms with Crippen LogP contribution in [0.3, 0.4) is 0 Å². The Morgan fingerprint density at radius 1 is 1.24 bits per heavy atom. The van der Waals surface area contributed by atoms with Crippen LogP contribution in [-0.4, -0.2) is 42.2 Å². The summed E-state index contributed by atoms with van der Waals surface area (Å²) in [5.41, 5.74) is 0.354. The highest BCUT2D eigenvalue weighted by molar-refractivity contribution is 6.42. The fraction of sp³-hybridized carbons (Fsp3) is 0.500. The average molecular weight is 354 g/mol. The van der Waals surface area contributed by atoms with Crippen LogP contribution in [0.4, 0.5) is 5.69 Å². The molecule has 0 spiro atoms. The van der Waals surface area contributed by atoms with Crippen molar-refractivity contribution in [2.75, 3.05) is 31.6 Å². The molecule has 0 aliphatic carbocycles. The maximum Gasteiger partial charge on any atom is 0.238 e. The Labute approximate surface area is 140 Å². The number of nitrogens with one attached hydrogen (secondary N) is 1. The Hall–Kier alpha value is -0.520. The van der Waals surface area contributed by atoms with Gasteiger partial charge in [-0.25, -0.2) is 0 Å². The van der Waals surface area contributed by atoms with E-state index in [2.05, 4.69) is 12.2 Å². The lowest BCUT2D eigenvalue weighted by molar-refractivity contribution is -0.117. The first-order valence-corrected chi connectivity index (χ1v) is 7.89. The van der Waals surface area contributed by atoms with Gasteiger partial charge in [0.1, 0.15) is 0 Å².